The molecule has 0 bridgehead atoms. The highest BCUT2D eigenvalue weighted by Gasteiger charge is 2.47. The first-order valence-corrected chi connectivity index (χ1v) is 9.32. The van der Waals surface area contributed by atoms with E-state index in [1.807, 2.05) is 42.3 Å². The predicted molar refractivity (Wildman–Crippen MR) is 104 cm³/mol. The third-order valence-electron chi connectivity index (χ3n) is 5.55. The normalized spacial score (nSPS) is 22.0. The summed E-state index contributed by atoms with van der Waals surface area (Å²) in [6, 6.07) is 12.3. The number of amides is 2. The Morgan fingerprint density at radius 2 is 1.63 bits per heavy atom. The average molecular weight is 364 g/mol. The number of fused-ring (bicyclic) bond motifs is 2. The lowest BCUT2D eigenvalue weighted by atomic mass is 9.85. The van der Waals surface area contributed by atoms with E-state index >= 15 is 0 Å². The maximum Gasteiger partial charge on any atom is 0.234 e. The van der Waals surface area contributed by atoms with Crippen molar-refractivity contribution in [1.29, 1.82) is 0 Å². The number of hydrogen-bond donors (Lipinski definition) is 0. The zero-order chi connectivity index (χ0) is 19.0. The van der Waals surface area contributed by atoms with E-state index in [2.05, 4.69) is 18.2 Å². The maximum atomic E-state index is 12.6. The second-order valence-electron chi connectivity index (χ2n) is 7.46. The van der Waals surface area contributed by atoms with Gasteiger partial charge in [-0.25, -0.2) is 0 Å². The molecule has 2 aliphatic rings. The van der Waals surface area contributed by atoms with E-state index in [1.54, 1.807) is 7.11 Å². The summed E-state index contributed by atoms with van der Waals surface area (Å²) in [4.78, 5) is 28.7. The van der Waals surface area contributed by atoms with Gasteiger partial charge in [-0.05, 0) is 54.4 Å². The Bertz CT molecular complexity index is 895. The summed E-state index contributed by atoms with van der Waals surface area (Å²) in [7, 11) is 3.61. The molecule has 0 N–H and O–H groups in total. The molecule has 0 radical (unpaired) electrons. The molecule has 0 spiro atoms. The summed E-state index contributed by atoms with van der Waals surface area (Å²) in [5.41, 5.74) is 1.15. The number of allylic oxidation sites excluding steroid dienone is 2. The first-order valence-electron chi connectivity index (χ1n) is 9.32. The Balaban J connectivity index is 1.45. The van der Waals surface area contributed by atoms with Crippen LogP contribution in [0.5, 0.6) is 5.75 Å². The molecule has 2 amide bonds. The molecule has 2 aromatic rings. The second-order valence-corrected chi connectivity index (χ2v) is 7.46. The summed E-state index contributed by atoms with van der Waals surface area (Å²) in [6.07, 6.45) is 5.40. The van der Waals surface area contributed by atoms with Crippen LogP contribution in [0, 0.1) is 11.8 Å². The van der Waals surface area contributed by atoms with E-state index < -0.39 is 0 Å². The van der Waals surface area contributed by atoms with Gasteiger partial charge in [0.15, 0.2) is 0 Å². The van der Waals surface area contributed by atoms with Crippen molar-refractivity contribution in [2.75, 3.05) is 20.8 Å². The highest BCUT2D eigenvalue weighted by atomic mass is 16.5. The Labute approximate surface area is 159 Å². The van der Waals surface area contributed by atoms with E-state index in [9.17, 15) is 9.59 Å². The van der Waals surface area contributed by atoms with Crippen LogP contribution in [-0.2, 0) is 16.1 Å². The van der Waals surface area contributed by atoms with Gasteiger partial charge in [0.2, 0.25) is 11.8 Å². The number of imide groups is 1. The molecule has 1 aliphatic heterocycles. The average Bonchev–Trinajstić information content (AvgIpc) is 2.92. The SMILES string of the molecule is COc1ccc2cc(CN(C)CN3C(=O)[C@H]4CC=CC[C@@H]4C3=O)ccc2c1. The Morgan fingerprint density at radius 3 is 2.30 bits per heavy atom. The first kappa shape index (κ1) is 17.7. The van der Waals surface area contributed by atoms with Crippen molar-refractivity contribution in [3.63, 3.8) is 0 Å². The summed E-state index contributed by atoms with van der Waals surface area (Å²) >= 11 is 0. The highest BCUT2D eigenvalue weighted by Crippen LogP contribution is 2.35. The van der Waals surface area contributed by atoms with Gasteiger partial charge in [0.05, 0.1) is 25.6 Å². The number of carbonyl (C=O) groups is 2. The Kier molecular flexibility index (Phi) is 4.70. The van der Waals surface area contributed by atoms with Gasteiger partial charge in [0, 0.05) is 6.54 Å². The van der Waals surface area contributed by atoms with E-state index in [0.717, 1.165) is 22.1 Å². The van der Waals surface area contributed by atoms with Crippen LogP contribution in [0.1, 0.15) is 18.4 Å². The minimum Gasteiger partial charge on any atom is -0.497 e. The third kappa shape index (κ3) is 3.35. The molecule has 4 rings (SSSR count). The number of nitrogens with zero attached hydrogens (tertiary/aromatic N) is 2. The van der Waals surface area contributed by atoms with Crippen molar-refractivity contribution in [2.24, 2.45) is 11.8 Å². The number of hydrogen-bond acceptors (Lipinski definition) is 4. The monoisotopic (exact) mass is 364 g/mol. The smallest absolute Gasteiger partial charge is 0.234 e. The van der Waals surface area contributed by atoms with Gasteiger partial charge in [-0.2, -0.15) is 0 Å². The number of rotatable bonds is 5. The Morgan fingerprint density at radius 1 is 1.00 bits per heavy atom. The molecular formula is C22H24N2O3. The summed E-state index contributed by atoms with van der Waals surface area (Å²) < 4.78 is 5.27. The number of methoxy groups -OCH3 is 1. The first-order chi connectivity index (χ1) is 13.1. The second kappa shape index (κ2) is 7.16. The quantitative estimate of drug-likeness (QED) is 0.604. The van der Waals surface area contributed by atoms with E-state index in [1.165, 1.54) is 4.90 Å². The van der Waals surface area contributed by atoms with Gasteiger partial charge in [-0.15, -0.1) is 0 Å². The number of ether oxygens (including phenoxy) is 1. The lowest BCUT2D eigenvalue weighted by Crippen LogP contribution is -2.40. The lowest BCUT2D eigenvalue weighted by molar-refractivity contribution is -0.142. The molecule has 1 saturated heterocycles. The fraction of sp³-hybridized carbons (Fsp3) is 0.364. The molecule has 5 nitrogen and oxygen atoms in total. The molecular weight excluding hydrogens is 340 g/mol. The molecule has 1 aliphatic carbocycles. The van der Waals surface area contributed by atoms with Crippen LogP contribution in [0.15, 0.2) is 48.6 Å². The van der Waals surface area contributed by atoms with Crippen LogP contribution in [0.2, 0.25) is 0 Å². The molecule has 1 fully saturated rings. The molecule has 0 saturated carbocycles. The minimum atomic E-state index is -0.161. The van der Waals surface area contributed by atoms with Gasteiger partial charge in [0.1, 0.15) is 5.75 Å². The van der Waals surface area contributed by atoms with Crippen molar-refractivity contribution in [3.05, 3.63) is 54.1 Å². The fourth-order valence-electron chi connectivity index (χ4n) is 4.11. The van der Waals surface area contributed by atoms with Gasteiger partial charge < -0.3 is 4.74 Å². The predicted octanol–water partition coefficient (Wildman–Crippen LogP) is 3.19. The van der Waals surface area contributed by atoms with Gasteiger partial charge in [-0.3, -0.25) is 19.4 Å². The zero-order valence-electron chi connectivity index (χ0n) is 15.7. The Hall–Kier alpha value is -2.66. The van der Waals surface area contributed by atoms with E-state index in [4.69, 9.17) is 4.74 Å². The van der Waals surface area contributed by atoms with Crippen molar-refractivity contribution >= 4 is 22.6 Å². The molecule has 140 valence electrons. The van der Waals surface area contributed by atoms with Crippen LogP contribution < -0.4 is 4.74 Å². The molecule has 0 aromatic heterocycles. The number of likely N-dealkylation sites (tertiary alicyclic amines) is 1. The van der Waals surface area contributed by atoms with Crippen LogP contribution in [0.25, 0.3) is 10.8 Å². The summed E-state index contributed by atoms with van der Waals surface area (Å²) in [6.45, 7) is 1.01. The molecule has 5 heteroatoms. The maximum absolute atomic E-state index is 12.6. The van der Waals surface area contributed by atoms with E-state index in [0.29, 0.717) is 26.1 Å². The minimum absolute atomic E-state index is 0.0215. The van der Waals surface area contributed by atoms with Gasteiger partial charge in [0.25, 0.3) is 0 Å². The standard InChI is InChI=1S/C22H24N2O3/c1-23(14-24-21(25)19-5-3-4-6-20(19)22(24)26)13-15-7-8-17-12-18(27-2)10-9-16(17)11-15/h3-4,7-12,19-20H,5-6,13-14H2,1-2H3/t19-,20-/m0/s1. The molecule has 2 aromatic carbocycles. The topological polar surface area (TPSA) is 49.9 Å². The molecule has 27 heavy (non-hydrogen) atoms. The van der Waals surface area contributed by atoms with Gasteiger partial charge >= 0.3 is 0 Å². The third-order valence-corrected chi connectivity index (χ3v) is 5.55. The number of benzene rings is 2. The van der Waals surface area contributed by atoms with Gasteiger partial charge in [-0.1, -0.05) is 30.4 Å². The molecule has 2 atom stereocenters. The molecule has 0 unspecified atom stereocenters. The fourth-order valence-corrected chi connectivity index (χ4v) is 4.11. The van der Waals surface area contributed by atoms with Crippen LogP contribution in [0.4, 0.5) is 0 Å². The summed E-state index contributed by atoms with van der Waals surface area (Å²) in [5, 5.41) is 2.27. The van der Waals surface area contributed by atoms with E-state index in [-0.39, 0.29) is 23.7 Å². The summed E-state index contributed by atoms with van der Waals surface area (Å²) in [5.74, 6) is 0.478. The van der Waals surface area contributed by atoms with Crippen molar-refractivity contribution in [3.8, 4) is 5.75 Å². The van der Waals surface area contributed by atoms with Crippen LogP contribution in [-0.4, -0.2) is 42.4 Å². The highest BCUT2D eigenvalue weighted by molar-refractivity contribution is 6.05. The van der Waals surface area contributed by atoms with Crippen molar-refractivity contribution in [1.82, 2.24) is 9.80 Å². The zero-order valence-corrected chi connectivity index (χ0v) is 15.7. The molecule has 1 heterocycles. The largest absolute Gasteiger partial charge is 0.497 e. The van der Waals surface area contributed by atoms with Crippen molar-refractivity contribution in [2.45, 2.75) is 19.4 Å². The lowest BCUT2D eigenvalue weighted by Gasteiger charge is -2.23. The number of carbonyl (C=O) groups excluding carboxylic acids is 2. The van der Waals surface area contributed by atoms with Crippen molar-refractivity contribution < 1.29 is 14.3 Å². The van der Waals surface area contributed by atoms with Crippen LogP contribution in [0.3, 0.4) is 0 Å². The van der Waals surface area contributed by atoms with Crippen LogP contribution >= 0.6 is 0 Å².